The molecular weight excluding hydrogens is 338 g/mol. The van der Waals surface area contributed by atoms with Crippen LogP contribution in [0, 0.1) is 6.92 Å². The van der Waals surface area contributed by atoms with Gasteiger partial charge in [0.15, 0.2) is 5.96 Å². The summed E-state index contributed by atoms with van der Waals surface area (Å²) in [5, 5.41) is 6.99. The Bertz CT molecular complexity index is 593. The second-order valence-corrected chi connectivity index (χ2v) is 7.73. The molecule has 0 aromatic carbocycles. The fourth-order valence-corrected chi connectivity index (χ4v) is 4.35. The van der Waals surface area contributed by atoms with E-state index in [0.29, 0.717) is 6.04 Å². The molecule has 3 rings (SSSR count). The Balaban J connectivity index is 1.63. The molecule has 3 heterocycles. The molecule has 6 heteroatoms. The molecule has 0 radical (unpaired) electrons. The maximum Gasteiger partial charge on any atom is 0.191 e. The number of nitrogens with one attached hydrogen (secondary N) is 2. The van der Waals surface area contributed by atoms with E-state index >= 15 is 0 Å². The number of aliphatic imine (C=N–C) groups is 1. The lowest BCUT2D eigenvalue weighted by atomic mass is 10.2. The van der Waals surface area contributed by atoms with E-state index in [1.54, 1.807) is 0 Å². The maximum absolute atomic E-state index is 5.96. The molecule has 0 spiro atoms. The Hall–Kier alpha value is -1.53. The lowest BCUT2D eigenvalue weighted by molar-refractivity contribution is 0.219. The molecule has 2 N–H and O–H groups in total. The van der Waals surface area contributed by atoms with Gasteiger partial charge in [-0.15, -0.1) is 0 Å². The predicted octanol–water partition coefficient (Wildman–Crippen LogP) is 2.76. The number of likely N-dealkylation sites (tertiary alicyclic amines) is 2. The van der Waals surface area contributed by atoms with Crippen molar-refractivity contribution in [3.63, 3.8) is 0 Å². The van der Waals surface area contributed by atoms with Crippen LogP contribution in [0.2, 0.25) is 0 Å². The quantitative estimate of drug-likeness (QED) is 0.540. The molecule has 152 valence electrons. The summed E-state index contributed by atoms with van der Waals surface area (Å²) in [7, 11) is 0. The van der Waals surface area contributed by atoms with Crippen molar-refractivity contribution in [3.8, 4) is 0 Å². The van der Waals surface area contributed by atoms with Gasteiger partial charge in [0.05, 0.1) is 12.6 Å². The van der Waals surface area contributed by atoms with Gasteiger partial charge in [-0.2, -0.15) is 0 Å². The highest BCUT2D eigenvalue weighted by molar-refractivity contribution is 5.79. The Morgan fingerprint density at radius 3 is 2.67 bits per heavy atom. The molecule has 1 aromatic rings. The van der Waals surface area contributed by atoms with Gasteiger partial charge in [-0.25, -0.2) is 0 Å². The molecule has 27 heavy (non-hydrogen) atoms. The molecule has 2 fully saturated rings. The third kappa shape index (κ3) is 5.48. The van der Waals surface area contributed by atoms with Crippen molar-refractivity contribution in [2.45, 2.75) is 58.5 Å². The lowest BCUT2D eigenvalue weighted by Crippen LogP contribution is -2.45. The first-order chi connectivity index (χ1) is 13.2. The molecule has 2 unspecified atom stereocenters. The SMILES string of the molecule is CCNC(=NCC(c1ccc(C)o1)N1CCCC1)NCC1CCCN1CC. The summed E-state index contributed by atoms with van der Waals surface area (Å²) in [5.74, 6) is 2.94. The summed E-state index contributed by atoms with van der Waals surface area (Å²) in [6, 6.07) is 5.04. The molecule has 2 aliphatic heterocycles. The Labute approximate surface area is 164 Å². The lowest BCUT2D eigenvalue weighted by Gasteiger charge is -2.26. The fraction of sp³-hybridized carbons (Fsp3) is 0.762. The molecule has 0 aliphatic carbocycles. The van der Waals surface area contributed by atoms with Crippen LogP contribution in [0.3, 0.4) is 0 Å². The summed E-state index contributed by atoms with van der Waals surface area (Å²) < 4.78 is 5.96. The summed E-state index contributed by atoms with van der Waals surface area (Å²) in [4.78, 5) is 10.0. The molecule has 6 nitrogen and oxygen atoms in total. The molecule has 2 saturated heterocycles. The average Bonchev–Trinajstić information content (AvgIpc) is 3.42. The van der Waals surface area contributed by atoms with E-state index in [1.807, 2.05) is 6.92 Å². The minimum atomic E-state index is 0.232. The van der Waals surface area contributed by atoms with Gasteiger partial charge >= 0.3 is 0 Å². The highest BCUT2D eigenvalue weighted by Crippen LogP contribution is 2.27. The van der Waals surface area contributed by atoms with Crippen molar-refractivity contribution in [1.29, 1.82) is 0 Å². The van der Waals surface area contributed by atoms with Gasteiger partial charge in [0.1, 0.15) is 11.5 Å². The van der Waals surface area contributed by atoms with Gasteiger partial charge in [-0.1, -0.05) is 6.92 Å². The van der Waals surface area contributed by atoms with Crippen LogP contribution in [0.15, 0.2) is 21.5 Å². The second kappa shape index (κ2) is 10.1. The van der Waals surface area contributed by atoms with Crippen LogP contribution >= 0.6 is 0 Å². The van der Waals surface area contributed by atoms with Crippen LogP contribution in [0.4, 0.5) is 0 Å². The molecule has 0 saturated carbocycles. The second-order valence-electron chi connectivity index (χ2n) is 7.73. The fourth-order valence-electron chi connectivity index (χ4n) is 4.35. The van der Waals surface area contributed by atoms with Crippen LogP contribution in [0.5, 0.6) is 0 Å². The standard InChI is InChI=1S/C21H37N5O/c1-4-22-21(23-15-18-9-8-14-25(18)5-2)24-16-19(26-12-6-7-13-26)20-11-10-17(3)27-20/h10-11,18-19H,4-9,12-16H2,1-3H3,(H2,22,23,24). The van der Waals surface area contributed by atoms with Gasteiger partial charge in [0.25, 0.3) is 0 Å². The van der Waals surface area contributed by atoms with E-state index in [4.69, 9.17) is 9.41 Å². The topological polar surface area (TPSA) is 56.0 Å². The maximum atomic E-state index is 5.96. The number of rotatable bonds is 8. The van der Waals surface area contributed by atoms with Crippen LogP contribution < -0.4 is 10.6 Å². The number of hydrogen-bond acceptors (Lipinski definition) is 4. The first kappa shape index (κ1) is 20.2. The number of furan rings is 1. The summed E-state index contributed by atoms with van der Waals surface area (Å²) in [6.45, 7) is 13.6. The molecule has 0 bridgehead atoms. The summed E-state index contributed by atoms with van der Waals surface area (Å²) in [5.41, 5.74) is 0. The zero-order valence-electron chi connectivity index (χ0n) is 17.3. The van der Waals surface area contributed by atoms with Crippen molar-refractivity contribution in [3.05, 3.63) is 23.7 Å². The van der Waals surface area contributed by atoms with Gasteiger partial charge in [-0.05, 0) is 77.8 Å². The minimum absolute atomic E-state index is 0.232. The molecule has 2 atom stereocenters. The number of hydrogen-bond donors (Lipinski definition) is 2. The molecule has 2 aliphatic rings. The third-order valence-electron chi connectivity index (χ3n) is 5.85. The van der Waals surface area contributed by atoms with E-state index in [9.17, 15) is 0 Å². The van der Waals surface area contributed by atoms with Crippen LogP contribution in [-0.2, 0) is 0 Å². The van der Waals surface area contributed by atoms with Crippen LogP contribution in [-0.4, -0.2) is 67.6 Å². The first-order valence-corrected chi connectivity index (χ1v) is 10.8. The Morgan fingerprint density at radius 1 is 1.19 bits per heavy atom. The summed E-state index contributed by atoms with van der Waals surface area (Å²) >= 11 is 0. The van der Waals surface area contributed by atoms with Gasteiger partial charge in [0, 0.05) is 19.1 Å². The average molecular weight is 376 g/mol. The Morgan fingerprint density at radius 2 is 2.00 bits per heavy atom. The van der Waals surface area contributed by atoms with E-state index in [-0.39, 0.29) is 6.04 Å². The summed E-state index contributed by atoms with van der Waals surface area (Å²) in [6.07, 6.45) is 5.13. The van der Waals surface area contributed by atoms with Crippen molar-refractivity contribution in [1.82, 2.24) is 20.4 Å². The van der Waals surface area contributed by atoms with Gasteiger partial charge < -0.3 is 15.1 Å². The zero-order chi connectivity index (χ0) is 19.1. The third-order valence-corrected chi connectivity index (χ3v) is 5.85. The Kier molecular flexibility index (Phi) is 7.59. The minimum Gasteiger partial charge on any atom is -0.465 e. The molecule has 1 aromatic heterocycles. The van der Waals surface area contributed by atoms with Crippen LogP contribution in [0.25, 0.3) is 0 Å². The van der Waals surface area contributed by atoms with Crippen molar-refractivity contribution >= 4 is 5.96 Å². The van der Waals surface area contributed by atoms with Crippen molar-refractivity contribution in [2.24, 2.45) is 4.99 Å². The molecular formula is C21H37N5O. The van der Waals surface area contributed by atoms with E-state index in [2.05, 4.69) is 46.4 Å². The number of likely N-dealkylation sites (N-methyl/N-ethyl adjacent to an activating group) is 1. The monoisotopic (exact) mass is 375 g/mol. The highest BCUT2D eigenvalue weighted by Gasteiger charge is 2.26. The number of nitrogens with zero attached hydrogens (tertiary/aromatic N) is 3. The molecule has 0 amide bonds. The van der Waals surface area contributed by atoms with E-state index < -0.39 is 0 Å². The smallest absolute Gasteiger partial charge is 0.191 e. The van der Waals surface area contributed by atoms with Crippen molar-refractivity contribution < 1.29 is 4.42 Å². The van der Waals surface area contributed by atoms with E-state index in [1.165, 1.54) is 32.2 Å². The van der Waals surface area contributed by atoms with Crippen molar-refractivity contribution in [2.75, 3.05) is 45.8 Å². The zero-order valence-corrected chi connectivity index (χ0v) is 17.3. The predicted molar refractivity (Wildman–Crippen MR) is 111 cm³/mol. The first-order valence-electron chi connectivity index (χ1n) is 10.8. The normalized spacial score (nSPS) is 23.1. The number of aryl methyl sites for hydroxylation is 1. The van der Waals surface area contributed by atoms with Gasteiger partial charge in [0.2, 0.25) is 0 Å². The number of guanidine groups is 1. The van der Waals surface area contributed by atoms with Crippen LogP contribution in [0.1, 0.15) is 57.1 Å². The largest absolute Gasteiger partial charge is 0.465 e. The highest BCUT2D eigenvalue weighted by atomic mass is 16.3. The van der Waals surface area contributed by atoms with Gasteiger partial charge in [-0.3, -0.25) is 14.8 Å². The van der Waals surface area contributed by atoms with E-state index in [0.717, 1.165) is 56.7 Å².